The fourth-order valence-electron chi connectivity index (χ4n) is 2.29. The Morgan fingerprint density at radius 3 is 3.00 bits per heavy atom. The number of carbonyl (C=O) groups excluding carboxylic acids is 1. The van der Waals surface area contributed by atoms with Gasteiger partial charge in [-0.05, 0) is 24.8 Å². The second-order valence-electron chi connectivity index (χ2n) is 4.70. The highest BCUT2D eigenvalue weighted by molar-refractivity contribution is 5.98. The Kier molecular flexibility index (Phi) is 3.17. The molecule has 2 rings (SSSR count). The maximum atomic E-state index is 11.4. The summed E-state index contributed by atoms with van der Waals surface area (Å²) in [4.78, 5) is 17.8. The number of piperidine rings is 1. The van der Waals surface area contributed by atoms with E-state index in [0.29, 0.717) is 23.0 Å². The molecule has 5 heteroatoms. The summed E-state index contributed by atoms with van der Waals surface area (Å²) >= 11 is 0. The van der Waals surface area contributed by atoms with E-state index < -0.39 is 5.91 Å². The second kappa shape index (κ2) is 4.61. The third-order valence-corrected chi connectivity index (χ3v) is 3.11. The van der Waals surface area contributed by atoms with Crippen LogP contribution in [0, 0.1) is 5.92 Å². The molecule has 4 N–H and O–H groups in total. The second-order valence-corrected chi connectivity index (χ2v) is 4.70. The highest BCUT2D eigenvalue weighted by Gasteiger charge is 2.21. The van der Waals surface area contributed by atoms with Gasteiger partial charge in [0.2, 0.25) is 0 Å². The van der Waals surface area contributed by atoms with Crippen LogP contribution in [0.15, 0.2) is 12.3 Å². The third-order valence-electron chi connectivity index (χ3n) is 3.11. The molecular formula is C12H18N4O. The molecule has 1 atom stereocenters. The van der Waals surface area contributed by atoms with Crippen molar-refractivity contribution in [3.63, 3.8) is 0 Å². The molecule has 0 aromatic carbocycles. The van der Waals surface area contributed by atoms with Crippen molar-refractivity contribution in [2.45, 2.75) is 19.8 Å². The van der Waals surface area contributed by atoms with Crippen molar-refractivity contribution in [1.29, 1.82) is 0 Å². The minimum Gasteiger partial charge on any atom is -0.397 e. The molecule has 1 unspecified atom stereocenters. The molecule has 1 saturated heterocycles. The SMILES string of the molecule is CC1CCCN(c2ncc(N)cc2C(N)=O)C1. The molecule has 5 nitrogen and oxygen atoms in total. The fraction of sp³-hybridized carbons (Fsp3) is 0.500. The lowest BCUT2D eigenvalue weighted by atomic mass is 10.00. The van der Waals surface area contributed by atoms with Crippen molar-refractivity contribution >= 4 is 17.4 Å². The number of rotatable bonds is 2. The van der Waals surface area contributed by atoms with Crippen LogP contribution in [0.1, 0.15) is 30.1 Å². The normalized spacial score (nSPS) is 20.3. The zero-order valence-corrected chi connectivity index (χ0v) is 10.0. The molecule has 1 aliphatic rings. The molecule has 92 valence electrons. The molecule has 0 radical (unpaired) electrons. The van der Waals surface area contributed by atoms with Crippen LogP contribution in [0.3, 0.4) is 0 Å². The van der Waals surface area contributed by atoms with Crippen LogP contribution in [0.2, 0.25) is 0 Å². The quantitative estimate of drug-likeness (QED) is 0.799. The van der Waals surface area contributed by atoms with E-state index in [2.05, 4.69) is 16.8 Å². The van der Waals surface area contributed by atoms with Crippen molar-refractivity contribution in [1.82, 2.24) is 4.98 Å². The van der Waals surface area contributed by atoms with Crippen LogP contribution in [-0.2, 0) is 0 Å². The Hall–Kier alpha value is -1.78. The van der Waals surface area contributed by atoms with E-state index in [0.717, 1.165) is 19.5 Å². The van der Waals surface area contributed by atoms with E-state index in [1.54, 1.807) is 12.3 Å². The highest BCUT2D eigenvalue weighted by atomic mass is 16.1. The molecule has 1 aliphatic heterocycles. The van der Waals surface area contributed by atoms with Gasteiger partial charge >= 0.3 is 0 Å². The van der Waals surface area contributed by atoms with Crippen LogP contribution in [0.4, 0.5) is 11.5 Å². The zero-order valence-electron chi connectivity index (χ0n) is 10.0. The first-order valence-corrected chi connectivity index (χ1v) is 5.88. The summed E-state index contributed by atoms with van der Waals surface area (Å²) in [5, 5.41) is 0. The van der Waals surface area contributed by atoms with Gasteiger partial charge in [-0.2, -0.15) is 0 Å². The Labute approximate surface area is 101 Å². The largest absolute Gasteiger partial charge is 0.397 e. The predicted molar refractivity (Wildman–Crippen MR) is 67.8 cm³/mol. The summed E-state index contributed by atoms with van der Waals surface area (Å²) < 4.78 is 0. The van der Waals surface area contributed by atoms with Crippen molar-refractivity contribution in [3.05, 3.63) is 17.8 Å². The number of hydrogen-bond donors (Lipinski definition) is 2. The molecule has 1 fully saturated rings. The standard InChI is InChI=1S/C12H18N4O/c1-8-3-2-4-16(7-8)12-10(11(14)17)5-9(13)6-15-12/h5-6,8H,2-4,7,13H2,1H3,(H2,14,17). The van der Waals surface area contributed by atoms with Crippen molar-refractivity contribution in [3.8, 4) is 0 Å². The number of nitrogens with two attached hydrogens (primary N) is 2. The summed E-state index contributed by atoms with van der Waals surface area (Å²) in [5.41, 5.74) is 11.9. The monoisotopic (exact) mass is 234 g/mol. The van der Waals surface area contributed by atoms with E-state index in [1.807, 2.05) is 0 Å². The Balaban J connectivity index is 2.33. The van der Waals surface area contributed by atoms with E-state index in [-0.39, 0.29) is 0 Å². The van der Waals surface area contributed by atoms with Crippen LogP contribution in [0.5, 0.6) is 0 Å². The number of hydrogen-bond acceptors (Lipinski definition) is 4. The van der Waals surface area contributed by atoms with Gasteiger partial charge in [0.25, 0.3) is 5.91 Å². The number of nitrogen functional groups attached to an aromatic ring is 1. The smallest absolute Gasteiger partial charge is 0.252 e. The first-order valence-electron chi connectivity index (χ1n) is 5.88. The molecule has 17 heavy (non-hydrogen) atoms. The Morgan fingerprint density at radius 2 is 2.35 bits per heavy atom. The van der Waals surface area contributed by atoms with Gasteiger partial charge in [0.15, 0.2) is 0 Å². The topological polar surface area (TPSA) is 85.2 Å². The number of primary amides is 1. The van der Waals surface area contributed by atoms with Gasteiger partial charge in [0.1, 0.15) is 5.82 Å². The lowest BCUT2D eigenvalue weighted by Gasteiger charge is -2.32. The molecule has 1 aromatic heterocycles. The molecule has 0 aliphatic carbocycles. The minimum absolute atomic E-state index is 0.416. The molecule has 2 heterocycles. The van der Waals surface area contributed by atoms with Gasteiger partial charge < -0.3 is 16.4 Å². The van der Waals surface area contributed by atoms with Gasteiger partial charge in [-0.15, -0.1) is 0 Å². The molecule has 0 saturated carbocycles. The lowest BCUT2D eigenvalue weighted by molar-refractivity contribution is 0.100. The summed E-state index contributed by atoms with van der Waals surface area (Å²) in [6.07, 6.45) is 3.91. The lowest BCUT2D eigenvalue weighted by Crippen LogP contribution is -2.36. The summed E-state index contributed by atoms with van der Waals surface area (Å²) in [7, 11) is 0. The highest BCUT2D eigenvalue weighted by Crippen LogP contribution is 2.25. The fourth-order valence-corrected chi connectivity index (χ4v) is 2.29. The van der Waals surface area contributed by atoms with Gasteiger partial charge in [0.05, 0.1) is 17.4 Å². The summed E-state index contributed by atoms with van der Waals surface area (Å²) in [6.45, 7) is 4.03. The number of pyridine rings is 1. The van der Waals surface area contributed by atoms with Crippen molar-refractivity contribution in [2.75, 3.05) is 23.7 Å². The average Bonchev–Trinajstić information content (AvgIpc) is 2.28. The van der Waals surface area contributed by atoms with Gasteiger partial charge in [0, 0.05) is 13.1 Å². The number of amides is 1. The molecule has 1 aromatic rings. The number of aromatic nitrogens is 1. The van der Waals surface area contributed by atoms with Gasteiger partial charge in [-0.3, -0.25) is 4.79 Å². The Bertz CT molecular complexity index is 433. The predicted octanol–water partition coefficient (Wildman–Crippen LogP) is 0.999. The Morgan fingerprint density at radius 1 is 1.59 bits per heavy atom. The van der Waals surface area contributed by atoms with Crippen molar-refractivity contribution < 1.29 is 4.79 Å². The van der Waals surface area contributed by atoms with Crippen molar-refractivity contribution in [2.24, 2.45) is 11.7 Å². The number of carbonyl (C=O) groups is 1. The minimum atomic E-state index is -0.474. The van der Waals surface area contributed by atoms with Crippen LogP contribution >= 0.6 is 0 Å². The molecular weight excluding hydrogens is 216 g/mol. The summed E-state index contributed by atoms with van der Waals surface area (Å²) in [6, 6.07) is 1.60. The molecule has 0 bridgehead atoms. The van der Waals surface area contributed by atoms with E-state index >= 15 is 0 Å². The maximum Gasteiger partial charge on any atom is 0.252 e. The number of nitrogens with zero attached hydrogens (tertiary/aromatic N) is 2. The first-order chi connectivity index (χ1) is 8.08. The third kappa shape index (κ3) is 2.49. The molecule has 1 amide bonds. The summed E-state index contributed by atoms with van der Waals surface area (Å²) in [5.74, 6) is 0.806. The van der Waals surface area contributed by atoms with Crippen LogP contribution in [-0.4, -0.2) is 24.0 Å². The van der Waals surface area contributed by atoms with Gasteiger partial charge in [-0.1, -0.05) is 6.92 Å². The van der Waals surface area contributed by atoms with Crippen LogP contribution < -0.4 is 16.4 Å². The zero-order chi connectivity index (χ0) is 12.4. The average molecular weight is 234 g/mol. The molecule has 0 spiro atoms. The van der Waals surface area contributed by atoms with E-state index in [4.69, 9.17) is 11.5 Å². The van der Waals surface area contributed by atoms with E-state index in [9.17, 15) is 4.79 Å². The van der Waals surface area contributed by atoms with E-state index in [1.165, 1.54) is 6.42 Å². The maximum absolute atomic E-state index is 11.4. The number of anilines is 2. The first kappa shape index (κ1) is 11.7. The van der Waals surface area contributed by atoms with Gasteiger partial charge in [-0.25, -0.2) is 4.98 Å². The van der Waals surface area contributed by atoms with Crippen LogP contribution in [0.25, 0.3) is 0 Å².